The number of hydrogen-bond acceptors (Lipinski definition) is 2. The molecule has 1 atom stereocenters. The molecule has 96 valence electrons. The zero-order valence-electron chi connectivity index (χ0n) is 11.3. The SMILES string of the molecule is CC(C)[NH2+][C@@H](C)c1nc2ccccc2c(=O)n1C. The molecule has 4 nitrogen and oxygen atoms in total. The van der Waals surface area contributed by atoms with Gasteiger partial charge in [-0.3, -0.25) is 9.36 Å². The third-order valence-electron chi connectivity index (χ3n) is 3.10. The first kappa shape index (κ1) is 12.8. The van der Waals surface area contributed by atoms with Crippen molar-refractivity contribution < 1.29 is 5.32 Å². The highest BCUT2D eigenvalue weighted by Crippen LogP contribution is 2.10. The summed E-state index contributed by atoms with van der Waals surface area (Å²) in [4.78, 5) is 16.9. The van der Waals surface area contributed by atoms with Gasteiger partial charge in [0.25, 0.3) is 5.56 Å². The van der Waals surface area contributed by atoms with Crippen LogP contribution in [-0.2, 0) is 7.05 Å². The number of fused-ring (bicyclic) bond motifs is 1. The van der Waals surface area contributed by atoms with E-state index in [1.165, 1.54) is 0 Å². The summed E-state index contributed by atoms with van der Waals surface area (Å²) in [7, 11) is 1.79. The van der Waals surface area contributed by atoms with Crippen molar-refractivity contribution in [1.29, 1.82) is 0 Å². The van der Waals surface area contributed by atoms with Gasteiger partial charge in [-0.2, -0.15) is 0 Å². The van der Waals surface area contributed by atoms with Gasteiger partial charge in [-0.15, -0.1) is 0 Å². The molecular formula is C14H20N3O+. The van der Waals surface area contributed by atoms with Crippen LogP contribution in [0.2, 0.25) is 0 Å². The average molecular weight is 246 g/mol. The van der Waals surface area contributed by atoms with Gasteiger partial charge in [-0.05, 0) is 32.9 Å². The first-order valence-electron chi connectivity index (χ1n) is 6.31. The van der Waals surface area contributed by atoms with E-state index in [0.29, 0.717) is 11.4 Å². The van der Waals surface area contributed by atoms with Crippen molar-refractivity contribution in [2.24, 2.45) is 7.05 Å². The van der Waals surface area contributed by atoms with Crippen molar-refractivity contribution in [2.45, 2.75) is 32.9 Å². The number of quaternary nitrogens is 1. The molecule has 1 heterocycles. The summed E-state index contributed by atoms with van der Waals surface area (Å²) in [5.41, 5.74) is 0.805. The highest BCUT2D eigenvalue weighted by molar-refractivity contribution is 5.77. The smallest absolute Gasteiger partial charge is 0.261 e. The van der Waals surface area contributed by atoms with Crippen molar-refractivity contribution in [3.05, 3.63) is 40.4 Å². The molecule has 0 aliphatic heterocycles. The second kappa shape index (κ2) is 4.90. The lowest BCUT2D eigenvalue weighted by molar-refractivity contribution is -0.720. The molecule has 0 fully saturated rings. The standard InChI is InChI=1S/C14H19N3O/c1-9(2)15-10(3)13-16-12-8-6-5-7-11(12)14(18)17(13)4/h5-10,15H,1-4H3/p+1/t10-/m0/s1. The van der Waals surface area contributed by atoms with E-state index in [0.717, 1.165) is 11.3 Å². The molecule has 2 rings (SSSR count). The Bertz CT molecular complexity index is 616. The molecule has 1 aromatic carbocycles. The quantitative estimate of drug-likeness (QED) is 0.877. The molecule has 0 aliphatic rings. The van der Waals surface area contributed by atoms with Gasteiger partial charge in [0.05, 0.1) is 16.9 Å². The molecule has 0 saturated heterocycles. The molecular weight excluding hydrogens is 226 g/mol. The molecule has 2 aromatic rings. The first-order valence-corrected chi connectivity index (χ1v) is 6.31. The predicted molar refractivity (Wildman–Crippen MR) is 72.5 cm³/mol. The Balaban J connectivity index is 2.58. The summed E-state index contributed by atoms with van der Waals surface area (Å²) in [5, 5.41) is 2.89. The van der Waals surface area contributed by atoms with E-state index < -0.39 is 0 Å². The van der Waals surface area contributed by atoms with Crippen molar-refractivity contribution in [3.8, 4) is 0 Å². The molecule has 2 N–H and O–H groups in total. The molecule has 0 saturated carbocycles. The van der Waals surface area contributed by atoms with Gasteiger partial charge in [0.1, 0.15) is 6.04 Å². The number of rotatable bonds is 3. The highest BCUT2D eigenvalue weighted by Gasteiger charge is 2.17. The van der Waals surface area contributed by atoms with Gasteiger partial charge in [-0.1, -0.05) is 12.1 Å². The fourth-order valence-electron chi connectivity index (χ4n) is 2.31. The Kier molecular flexibility index (Phi) is 3.48. The minimum Gasteiger partial charge on any atom is -0.336 e. The number of benzene rings is 1. The van der Waals surface area contributed by atoms with Crippen molar-refractivity contribution >= 4 is 10.9 Å². The maximum absolute atomic E-state index is 12.2. The van der Waals surface area contributed by atoms with E-state index in [1.54, 1.807) is 11.6 Å². The van der Waals surface area contributed by atoms with Gasteiger partial charge in [0.2, 0.25) is 0 Å². The van der Waals surface area contributed by atoms with Crippen LogP contribution >= 0.6 is 0 Å². The van der Waals surface area contributed by atoms with Gasteiger partial charge in [0.15, 0.2) is 5.82 Å². The van der Waals surface area contributed by atoms with Gasteiger partial charge in [0, 0.05) is 7.05 Å². The van der Waals surface area contributed by atoms with Gasteiger partial charge >= 0.3 is 0 Å². The molecule has 0 radical (unpaired) electrons. The van der Waals surface area contributed by atoms with Crippen LogP contribution in [0.3, 0.4) is 0 Å². The van der Waals surface area contributed by atoms with Crippen LogP contribution in [0.4, 0.5) is 0 Å². The lowest BCUT2D eigenvalue weighted by atomic mass is 10.2. The van der Waals surface area contributed by atoms with Crippen LogP contribution < -0.4 is 10.9 Å². The molecule has 4 heteroatoms. The second-order valence-corrected chi connectivity index (χ2v) is 5.08. The van der Waals surface area contributed by atoms with Gasteiger partial charge < -0.3 is 5.32 Å². The fourth-order valence-corrected chi connectivity index (χ4v) is 2.31. The maximum atomic E-state index is 12.2. The van der Waals surface area contributed by atoms with E-state index in [-0.39, 0.29) is 11.6 Å². The fraction of sp³-hybridized carbons (Fsp3) is 0.429. The normalized spacial score (nSPS) is 13.2. The molecule has 0 bridgehead atoms. The van der Waals surface area contributed by atoms with Crippen LogP contribution in [0.5, 0.6) is 0 Å². The van der Waals surface area contributed by atoms with Crippen LogP contribution in [0, 0.1) is 0 Å². The monoisotopic (exact) mass is 246 g/mol. The number of para-hydroxylation sites is 1. The number of nitrogens with zero attached hydrogens (tertiary/aromatic N) is 2. The number of nitrogens with two attached hydrogens (primary N) is 1. The Hall–Kier alpha value is -1.68. The van der Waals surface area contributed by atoms with E-state index in [1.807, 2.05) is 24.3 Å². The van der Waals surface area contributed by atoms with E-state index >= 15 is 0 Å². The molecule has 1 aromatic heterocycles. The molecule has 0 unspecified atom stereocenters. The lowest BCUT2D eigenvalue weighted by Crippen LogP contribution is -2.89. The van der Waals surface area contributed by atoms with E-state index in [2.05, 4.69) is 31.1 Å². The lowest BCUT2D eigenvalue weighted by Gasteiger charge is -2.16. The van der Waals surface area contributed by atoms with Crippen molar-refractivity contribution in [2.75, 3.05) is 0 Å². The minimum absolute atomic E-state index is 0.0274. The Morgan fingerprint density at radius 3 is 2.56 bits per heavy atom. The average Bonchev–Trinajstić information content (AvgIpc) is 2.33. The summed E-state index contributed by atoms with van der Waals surface area (Å²) in [6.07, 6.45) is 0. The first-order chi connectivity index (χ1) is 8.50. The summed E-state index contributed by atoms with van der Waals surface area (Å²) in [6.45, 7) is 6.35. The molecule has 0 spiro atoms. The highest BCUT2D eigenvalue weighted by atomic mass is 16.1. The van der Waals surface area contributed by atoms with Crippen molar-refractivity contribution in [3.63, 3.8) is 0 Å². The largest absolute Gasteiger partial charge is 0.336 e. The molecule has 0 amide bonds. The van der Waals surface area contributed by atoms with Crippen molar-refractivity contribution in [1.82, 2.24) is 9.55 Å². The van der Waals surface area contributed by atoms with E-state index in [4.69, 9.17) is 0 Å². The topological polar surface area (TPSA) is 51.5 Å². The number of aromatic nitrogens is 2. The zero-order chi connectivity index (χ0) is 13.3. The van der Waals surface area contributed by atoms with Crippen LogP contribution in [0.15, 0.2) is 29.1 Å². The second-order valence-electron chi connectivity index (χ2n) is 5.08. The summed E-state index contributed by atoms with van der Waals surface area (Å²) < 4.78 is 1.66. The third-order valence-corrected chi connectivity index (χ3v) is 3.10. The zero-order valence-corrected chi connectivity index (χ0v) is 11.3. The Morgan fingerprint density at radius 2 is 1.89 bits per heavy atom. The Labute approximate surface area is 107 Å². The summed E-state index contributed by atoms with van der Waals surface area (Å²) in [6, 6.07) is 8.15. The predicted octanol–water partition coefficient (Wildman–Crippen LogP) is 0.966. The summed E-state index contributed by atoms with van der Waals surface area (Å²) >= 11 is 0. The van der Waals surface area contributed by atoms with E-state index in [9.17, 15) is 4.79 Å². The van der Waals surface area contributed by atoms with Crippen LogP contribution in [0.25, 0.3) is 10.9 Å². The van der Waals surface area contributed by atoms with Crippen LogP contribution in [-0.4, -0.2) is 15.6 Å². The molecule has 0 aliphatic carbocycles. The maximum Gasteiger partial charge on any atom is 0.261 e. The summed E-state index contributed by atoms with van der Waals surface area (Å²) in [5.74, 6) is 0.826. The minimum atomic E-state index is 0.0274. The van der Waals surface area contributed by atoms with Gasteiger partial charge in [-0.25, -0.2) is 4.98 Å². The third kappa shape index (κ3) is 2.29. The number of hydrogen-bond donors (Lipinski definition) is 1. The van der Waals surface area contributed by atoms with Crippen LogP contribution in [0.1, 0.15) is 32.6 Å². The Morgan fingerprint density at radius 1 is 1.22 bits per heavy atom. The molecule has 18 heavy (non-hydrogen) atoms.